The van der Waals surface area contributed by atoms with E-state index in [1.807, 2.05) is 0 Å². The predicted molar refractivity (Wildman–Crippen MR) is 115 cm³/mol. The van der Waals surface area contributed by atoms with Gasteiger partial charge in [0.05, 0.1) is 25.4 Å². The molecule has 0 aliphatic carbocycles. The van der Waals surface area contributed by atoms with Crippen molar-refractivity contribution in [2.75, 3.05) is 20.8 Å². The first-order chi connectivity index (χ1) is 14.7. The predicted octanol–water partition coefficient (Wildman–Crippen LogP) is 3.44. The number of sulfonamides is 1. The van der Waals surface area contributed by atoms with E-state index in [1.165, 1.54) is 69.0 Å². The standard InChI is InChI=1S/C20H20ClNO7S2/c1-27-15-7-10-17(28-2)19(12-15)31(25,26)22-13-20(18-4-3-11-29-18)30(23,24)16-8-5-14(21)6-9-16/h3-12,20,22H,13H2,1-2H3/t20-/m1/s1. The van der Waals surface area contributed by atoms with Crippen molar-refractivity contribution >= 4 is 31.5 Å². The molecule has 1 atom stereocenters. The van der Waals surface area contributed by atoms with Gasteiger partial charge in [0.1, 0.15) is 27.4 Å². The molecule has 1 N–H and O–H groups in total. The van der Waals surface area contributed by atoms with Gasteiger partial charge < -0.3 is 13.9 Å². The van der Waals surface area contributed by atoms with Crippen LogP contribution in [0.4, 0.5) is 0 Å². The Bertz CT molecular complexity index is 1240. The molecule has 0 amide bonds. The molecule has 0 saturated carbocycles. The second kappa shape index (κ2) is 9.31. The summed E-state index contributed by atoms with van der Waals surface area (Å²) in [4.78, 5) is -0.201. The van der Waals surface area contributed by atoms with Crippen molar-refractivity contribution in [3.05, 3.63) is 71.6 Å². The highest BCUT2D eigenvalue weighted by Crippen LogP contribution is 2.32. The van der Waals surface area contributed by atoms with E-state index < -0.39 is 31.7 Å². The van der Waals surface area contributed by atoms with Crippen LogP contribution in [0.3, 0.4) is 0 Å². The summed E-state index contributed by atoms with van der Waals surface area (Å²) in [5.41, 5.74) is 0. The van der Waals surface area contributed by atoms with Crippen LogP contribution in [-0.2, 0) is 19.9 Å². The van der Waals surface area contributed by atoms with E-state index in [1.54, 1.807) is 6.07 Å². The first kappa shape index (κ1) is 23.1. The van der Waals surface area contributed by atoms with Crippen molar-refractivity contribution < 1.29 is 30.7 Å². The Kier molecular flexibility index (Phi) is 6.95. The Morgan fingerprint density at radius 2 is 1.71 bits per heavy atom. The zero-order valence-corrected chi connectivity index (χ0v) is 19.0. The third kappa shape index (κ3) is 5.04. The molecular weight excluding hydrogens is 466 g/mol. The summed E-state index contributed by atoms with van der Waals surface area (Å²) in [6.45, 7) is -0.471. The lowest BCUT2D eigenvalue weighted by atomic mass is 10.3. The van der Waals surface area contributed by atoms with Crippen LogP contribution in [0.2, 0.25) is 5.02 Å². The summed E-state index contributed by atoms with van der Waals surface area (Å²) in [7, 11) is -5.43. The maximum atomic E-state index is 13.2. The lowest BCUT2D eigenvalue weighted by Gasteiger charge is -2.18. The minimum Gasteiger partial charge on any atom is -0.497 e. The van der Waals surface area contributed by atoms with Gasteiger partial charge in [0.15, 0.2) is 9.84 Å². The van der Waals surface area contributed by atoms with Crippen LogP contribution in [0.25, 0.3) is 0 Å². The fourth-order valence-electron chi connectivity index (χ4n) is 2.88. The molecule has 0 aliphatic rings. The van der Waals surface area contributed by atoms with Gasteiger partial charge in [0.2, 0.25) is 10.0 Å². The maximum Gasteiger partial charge on any atom is 0.244 e. The van der Waals surface area contributed by atoms with Crippen molar-refractivity contribution in [1.29, 1.82) is 0 Å². The minimum atomic E-state index is -4.15. The number of sulfone groups is 1. The van der Waals surface area contributed by atoms with E-state index in [9.17, 15) is 16.8 Å². The Morgan fingerprint density at radius 1 is 1.00 bits per heavy atom. The molecule has 2 aromatic carbocycles. The highest BCUT2D eigenvalue weighted by molar-refractivity contribution is 7.92. The first-order valence-corrected chi connectivity index (χ1v) is 12.3. The number of hydrogen-bond donors (Lipinski definition) is 1. The van der Waals surface area contributed by atoms with Crippen LogP contribution in [0.5, 0.6) is 11.5 Å². The van der Waals surface area contributed by atoms with Crippen molar-refractivity contribution in [3.8, 4) is 11.5 Å². The molecule has 0 radical (unpaired) electrons. The summed E-state index contributed by atoms with van der Waals surface area (Å²) < 4.78 is 70.3. The highest BCUT2D eigenvalue weighted by Gasteiger charge is 2.33. The van der Waals surface area contributed by atoms with Gasteiger partial charge >= 0.3 is 0 Å². The van der Waals surface area contributed by atoms with Gasteiger partial charge in [-0.15, -0.1) is 0 Å². The summed E-state index contributed by atoms with van der Waals surface area (Å²) in [5.74, 6) is 0.483. The smallest absolute Gasteiger partial charge is 0.244 e. The van der Waals surface area contributed by atoms with Crippen molar-refractivity contribution in [2.45, 2.75) is 15.0 Å². The number of rotatable bonds is 9. The molecule has 0 fully saturated rings. The van der Waals surface area contributed by atoms with Crippen molar-refractivity contribution in [2.24, 2.45) is 0 Å². The molecule has 1 aromatic heterocycles. The van der Waals surface area contributed by atoms with Gasteiger partial charge in [-0.05, 0) is 48.5 Å². The summed E-state index contributed by atoms with van der Waals surface area (Å²) >= 11 is 5.86. The van der Waals surface area contributed by atoms with Crippen LogP contribution in [0.15, 0.2) is 75.1 Å². The van der Waals surface area contributed by atoms with Crippen molar-refractivity contribution in [3.63, 3.8) is 0 Å². The van der Waals surface area contributed by atoms with E-state index in [0.717, 1.165) is 0 Å². The number of halogens is 1. The molecule has 0 bridgehead atoms. The zero-order valence-electron chi connectivity index (χ0n) is 16.6. The average Bonchev–Trinajstić information content (AvgIpc) is 3.27. The van der Waals surface area contributed by atoms with Gasteiger partial charge in [0, 0.05) is 17.6 Å². The lowest BCUT2D eigenvalue weighted by molar-refractivity contribution is 0.392. The second-order valence-corrected chi connectivity index (χ2v) is 10.7. The molecular formula is C20H20ClNO7S2. The second-order valence-electron chi connectivity index (χ2n) is 6.37. The van der Waals surface area contributed by atoms with Crippen LogP contribution in [-0.4, -0.2) is 37.6 Å². The van der Waals surface area contributed by atoms with Gasteiger partial charge in [-0.3, -0.25) is 0 Å². The van der Waals surface area contributed by atoms with Crippen LogP contribution in [0.1, 0.15) is 11.0 Å². The largest absolute Gasteiger partial charge is 0.497 e. The molecule has 0 unspecified atom stereocenters. The van der Waals surface area contributed by atoms with E-state index in [2.05, 4.69) is 4.72 Å². The van der Waals surface area contributed by atoms with E-state index in [-0.39, 0.29) is 21.3 Å². The number of ether oxygens (including phenoxy) is 2. The van der Waals surface area contributed by atoms with Gasteiger partial charge in [-0.1, -0.05) is 11.6 Å². The molecule has 8 nitrogen and oxygen atoms in total. The number of hydrogen-bond acceptors (Lipinski definition) is 7. The van der Waals surface area contributed by atoms with E-state index >= 15 is 0 Å². The molecule has 0 saturated heterocycles. The van der Waals surface area contributed by atoms with Crippen molar-refractivity contribution in [1.82, 2.24) is 4.72 Å². The average molecular weight is 486 g/mol. The zero-order chi connectivity index (χ0) is 22.6. The quantitative estimate of drug-likeness (QED) is 0.494. The van der Waals surface area contributed by atoms with E-state index in [0.29, 0.717) is 10.8 Å². The first-order valence-electron chi connectivity index (χ1n) is 8.93. The number of nitrogens with one attached hydrogen (secondary N) is 1. The third-order valence-corrected chi connectivity index (χ3v) is 8.27. The fraction of sp³-hybridized carbons (Fsp3) is 0.200. The maximum absolute atomic E-state index is 13.2. The number of furan rings is 1. The fourth-order valence-corrected chi connectivity index (χ4v) is 5.93. The molecule has 0 spiro atoms. The molecule has 1 heterocycles. The highest BCUT2D eigenvalue weighted by atomic mass is 35.5. The summed E-state index contributed by atoms with van der Waals surface area (Å²) in [5, 5.41) is -0.936. The summed E-state index contributed by atoms with van der Waals surface area (Å²) in [6, 6.07) is 12.9. The molecule has 3 rings (SSSR count). The molecule has 166 valence electrons. The normalized spacial score (nSPS) is 13.0. The molecule has 31 heavy (non-hydrogen) atoms. The third-order valence-electron chi connectivity index (χ3n) is 4.50. The SMILES string of the molecule is COc1ccc(OC)c(S(=O)(=O)NC[C@H](c2ccco2)S(=O)(=O)c2ccc(Cl)cc2)c1. The summed E-state index contributed by atoms with van der Waals surface area (Å²) in [6.07, 6.45) is 1.32. The topological polar surface area (TPSA) is 112 Å². The molecule has 3 aromatic rings. The number of methoxy groups -OCH3 is 2. The van der Waals surface area contributed by atoms with Crippen LogP contribution < -0.4 is 14.2 Å². The Labute approximate surface area is 185 Å². The molecule has 11 heteroatoms. The van der Waals surface area contributed by atoms with Gasteiger partial charge in [0.25, 0.3) is 0 Å². The van der Waals surface area contributed by atoms with Crippen LogP contribution in [0, 0.1) is 0 Å². The Hall–Kier alpha value is -2.53. The number of benzene rings is 2. The Balaban J connectivity index is 1.96. The molecule has 0 aliphatic heterocycles. The van der Waals surface area contributed by atoms with Crippen LogP contribution >= 0.6 is 11.6 Å². The minimum absolute atomic E-state index is 0.0172. The van der Waals surface area contributed by atoms with Gasteiger partial charge in [-0.2, -0.15) is 0 Å². The van der Waals surface area contributed by atoms with Gasteiger partial charge in [-0.25, -0.2) is 21.6 Å². The Morgan fingerprint density at radius 3 is 2.29 bits per heavy atom. The van der Waals surface area contributed by atoms with E-state index in [4.69, 9.17) is 25.5 Å². The monoisotopic (exact) mass is 485 g/mol. The lowest BCUT2D eigenvalue weighted by Crippen LogP contribution is -2.32.